The second-order valence-corrected chi connectivity index (χ2v) is 8.06. The van der Waals surface area contributed by atoms with Gasteiger partial charge in [0.25, 0.3) is 5.91 Å². The predicted octanol–water partition coefficient (Wildman–Crippen LogP) is 0.916. The Hall–Kier alpha value is -3.01. The summed E-state index contributed by atoms with van der Waals surface area (Å²) < 4.78 is 16.0. The molecule has 2 aliphatic heterocycles. The van der Waals surface area contributed by atoms with Gasteiger partial charge in [-0.25, -0.2) is 4.79 Å². The van der Waals surface area contributed by atoms with E-state index >= 15 is 0 Å². The van der Waals surface area contributed by atoms with E-state index in [-0.39, 0.29) is 50.8 Å². The molecular formula is C21H27N3O7. The maximum absolute atomic E-state index is 12.6. The van der Waals surface area contributed by atoms with Crippen LogP contribution >= 0.6 is 0 Å². The maximum atomic E-state index is 12.6. The maximum Gasteiger partial charge on any atom is 0.325 e. The number of nitrogens with zero attached hydrogens (tertiary/aromatic N) is 1. The molecule has 1 unspecified atom stereocenters. The molecule has 10 heteroatoms. The summed E-state index contributed by atoms with van der Waals surface area (Å²) in [6.45, 7) is 0.417. The van der Waals surface area contributed by atoms with Gasteiger partial charge in [-0.3, -0.25) is 14.5 Å². The molecule has 3 N–H and O–H groups in total. The molecule has 0 bridgehead atoms. The number of aliphatic hydroxyl groups is 1. The number of carbonyl (C=O) groups is 3. The van der Waals surface area contributed by atoms with E-state index in [0.29, 0.717) is 36.5 Å². The lowest BCUT2D eigenvalue weighted by atomic mass is 9.98. The van der Waals surface area contributed by atoms with Crippen LogP contribution in [0.1, 0.15) is 38.5 Å². The van der Waals surface area contributed by atoms with Gasteiger partial charge >= 0.3 is 6.03 Å². The summed E-state index contributed by atoms with van der Waals surface area (Å²) in [5.41, 5.74) is -0.721. The number of urea groups is 1. The van der Waals surface area contributed by atoms with Crippen LogP contribution in [0.25, 0.3) is 0 Å². The van der Waals surface area contributed by atoms with Gasteiger partial charge < -0.3 is 30.0 Å². The number of nitrogens with one attached hydrogen (secondary N) is 2. The van der Waals surface area contributed by atoms with Crippen LogP contribution in [0.5, 0.6) is 17.2 Å². The highest BCUT2D eigenvalue weighted by Gasteiger charge is 2.52. The van der Waals surface area contributed by atoms with E-state index in [1.165, 1.54) is 4.90 Å². The van der Waals surface area contributed by atoms with Gasteiger partial charge in [0.1, 0.15) is 24.0 Å². The van der Waals surface area contributed by atoms with Crippen molar-refractivity contribution in [2.45, 2.75) is 50.2 Å². The molecule has 1 saturated carbocycles. The standard InChI is InChI=1S/C21H27N3O7/c25-14(12-29-15-5-6-16-17(10-15)31-13-30-16)11-22-18(26)4-3-9-24-19(27)21(23-20(24)28)7-1-2-8-21/h5-6,10,14,25H,1-4,7-9,11-13H2,(H,22,26)(H,23,28). The lowest BCUT2D eigenvalue weighted by Crippen LogP contribution is -2.44. The Morgan fingerprint density at radius 3 is 2.84 bits per heavy atom. The Kier molecular flexibility index (Phi) is 6.17. The van der Waals surface area contributed by atoms with Gasteiger partial charge in [0.15, 0.2) is 11.5 Å². The average Bonchev–Trinajstić information content (AvgIpc) is 3.47. The fraction of sp³-hybridized carbons (Fsp3) is 0.571. The van der Waals surface area contributed by atoms with Gasteiger partial charge in [0.2, 0.25) is 12.7 Å². The van der Waals surface area contributed by atoms with Crippen LogP contribution in [0.3, 0.4) is 0 Å². The predicted molar refractivity (Wildman–Crippen MR) is 108 cm³/mol. The van der Waals surface area contributed by atoms with Gasteiger partial charge in [-0.15, -0.1) is 0 Å². The zero-order chi connectivity index (χ0) is 21.8. The number of amides is 4. The minimum Gasteiger partial charge on any atom is -0.491 e. The molecule has 4 rings (SSSR count). The average molecular weight is 433 g/mol. The summed E-state index contributed by atoms with van der Waals surface area (Å²) in [6, 6.07) is 4.75. The summed E-state index contributed by atoms with van der Waals surface area (Å²) in [5.74, 6) is 1.33. The number of carbonyl (C=O) groups excluding carboxylic acids is 3. The van der Waals surface area contributed by atoms with Crippen molar-refractivity contribution in [1.82, 2.24) is 15.5 Å². The number of ether oxygens (including phenoxy) is 3. The molecule has 1 spiro atoms. The minimum atomic E-state index is -0.887. The Bertz CT molecular complexity index is 853. The molecule has 31 heavy (non-hydrogen) atoms. The molecule has 1 atom stereocenters. The van der Waals surface area contributed by atoms with Gasteiger partial charge in [0, 0.05) is 25.6 Å². The van der Waals surface area contributed by atoms with Gasteiger partial charge in [-0.2, -0.15) is 0 Å². The molecule has 4 amide bonds. The molecule has 1 aromatic carbocycles. The molecule has 1 aromatic rings. The molecule has 1 aliphatic carbocycles. The quantitative estimate of drug-likeness (QED) is 0.494. The lowest BCUT2D eigenvalue weighted by Gasteiger charge is -2.20. The fourth-order valence-corrected chi connectivity index (χ4v) is 4.13. The molecule has 2 heterocycles. The second kappa shape index (κ2) is 9.01. The Morgan fingerprint density at radius 1 is 1.26 bits per heavy atom. The van der Waals surface area contributed by atoms with Gasteiger partial charge in [-0.1, -0.05) is 12.8 Å². The van der Waals surface area contributed by atoms with E-state index in [1.54, 1.807) is 18.2 Å². The van der Waals surface area contributed by atoms with E-state index in [4.69, 9.17) is 14.2 Å². The molecule has 0 aromatic heterocycles. The first kappa shape index (κ1) is 21.2. The van der Waals surface area contributed by atoms with Crippen molar-refractivity contribution >= 4 is 17.8 Å². The lowest BCUT2D eigenvalue weighted by molar-refractivity contribution is -0.131. The topological polar surface area (TPSA) is 126 Å². The number of rotatable bonds is 9. The van der Waals surface area contributed by atoms with Crippen LogP contribution in [-0.4, -0.2) is 66.0 Å². The Labute approximate surface area is 179 Å². The Morgan fingerprint density at radius 2 is 2.03 bits per heavy atom. The number of hydrogen-bond donors (Lipinski definition) is 3. The van der Waals surface area contributed by atoms with Gasteiger partial charge in [-0.05, 0) is 31.4 Å². The summed E-state index contributed by atoms with van der Waals surface area (Å²) in [5, 5.41) is 15.5. The van der Waals surface area contributed by atoms with E-state index in [1.807, 2.05) is 0 Å². The summed E-state index contributed by atoms with van der Waals surface area (Å²) in [4.78, 5) is 37.9. The number of imide groups is 1. The first-order chi connectivity index (χ1) is 15.0. The van der Waals surface area contributed by atoms with Crippen molar-refractivity contribution in [2.75, 3.05) is 26.5 Å². The van der Waals surface area contributed by atoms with Crippen molar-refractivity contribution in [3.05, 3.63) is 18.2 Å². The molecule has 168 valence electrons. The third-order valence-corrected chi connectivity index (χ3v) is 5.81. The summed E-state index contributed by atoms with van der Waals surface area (Å²) >= 11 is 0. The van der Waals surface area contributed by atoms with E-state index in [9.17, 15) is 19.5 Å². The van der Waals surface area contributed by atoms with Crippen LogP contribution in [0.2, 0.25) is 0 Å². The van der Waals surface area contributed by atoms with Crippen molar-refractivity contribution in [2.24, 2.45) is 0 Å². The molecule has 10 nitrogen and oxygen atoms in total. The minimum absolute atomic E-state index is 0.00442. The van der Waals surface area contributed by atoms with E-state index in [2.05, 4.69) is 10.6 Å². The second-order valence-electron chi connectivity index (χ2n) is 8.06. The third kappa shape index (κ3) is 4.68. The molecule has 2 fully saturated rings. The van der Waals surface area contributed by atoms with Crippen molar-refractivity contribution < 1.29 is 33.7 Å². The highest BCUT2D eigenvalue weighted by Crippen LogP contribution is 2.36. The number of aliphatic hydroxyl groups excluding tert-OH is 1. The molecule has 1 saturated heterocycles. The zero-order valence-electron chi connectivity index (χ0n) is 17.2. The summed E-state index contributed by atoms with van der Waals surface area (Å²) in [6.07, 6.45) is 2.86. The normalized spacial score (nSPS) is 19.6. The molecule has 0 radical (unpaired) electrons. The van der Waals surface area contributed by atoms with Crippen LogP contribution in [-0.2, 0) is 9.59 Å². The largest absolute Gasteiger partial charge is 0.491 e. The van der Waals surface area contributed by atoms with Crippen LogP contribution in [0.4, 0.5) is 4.79 Å². The van der Waals surface area contributed by atoms with Crippen molar-refractivity contribution in [3.63, 3.8) is 0 Å². The highest BCUT2D eigenvalue weighted by atomic mass is 16.7. The first-order valence-electron chi connectivity index (χ1n) is 10.6. The number of hydrogen-bond acceptors (Lipinski definition) is 7. The monoisotopic (exact) mass is 433 g/mol. The van der Waals surface area contributed by atoms with Crippen LogP contribution in [0, 0.1) is 0 Å². The van der Waals surface area contributed by atoms with Crippen molar-refractivity contribution in [3.8, 4) is 17.2 Å². The molecular weight excluding hydrogens is 406 g/mol. The smallest absolute Gasteiger partial charge is 0.325 e. The Balaban J connectivity index is 1.13. The van der Waals surface area contributed by atoms with E-state index < -0.39 is 11.6 Å². The fourth-order valence-electron chi connectivity index (χ4n) is 4.13. The van der Waals surface area contributed by atoms with Crippen LogP contribution < -0.4 is 24.8 Å². The van der Waals surface area contributed by atoms with E-state index in [0.717, 1.165) is 12.8 Å². The van der Waals surface area contributed by atoms with Crippen LogP contribution in [0.15, 0.2) is 18.2 Å². The number of benzene rings is 1. The van der Waals surface area contributed by atoms with Crippen molar-refractivity contribution in [1.29, 1.82) is 0 Å². The zero-order valence-corrected chi connectivity index (χ0v) is 17.2. The molecule has 3 aliphatic rings. The van der Waals surface area contributed by atoms with Gasteiger partial charge in [0.05, 0.1) is 0 Å². The first-order valence-corrected chi connectivity index (χ1v) is 10.6. The third-order valence-electron chi connectivity index (χ3n) is 5.81. The summed E-state index contributed by atoms with van der Waals surface area (Å²) in [7, 11) is 0. The SMILES string of the molecule is O=C(CCCN1C(=O)NC2(CCCC2)C1=O)NCC(O)COc1ccc2c(c1)OCO2. The number of fused-ring (bicyclic) bond motifs is 1. The highest BCUT2D eigenvalue weighted by molar-refractivity contribution is 6.07.